The lowest BCUT2D eigenvalue weighted by molar-refractivity contribution is 0.446. The summed E-state index contributed by atoms with van der Waals surface area (Å²) < 4.78 is 39.8. The molecule has 1 rings (SSSR count). The number of benzene rings is 1. The van der Waals surface area contributed by atoms with E-state index >= 15 is 0 Å². The molecule has 120 valence electrons. The Bertz CT molecular complexity index is 468. The molecule has 5 heteroatoms. The monoisotopic (exact) mass is 317 g/mol. The molecule has 1 aromatic carbocycles. The Morgan fingerprint density at radius 3 is 2.48 bits per heavy atom. The van der Waals surface area contributed by atoms with Crippen LogP contribution in [0.15, 0.2) is 23.1 Å². The predicted molar refractivity (Wildman–Crippen MR) is 83.8 cm³/mol. The fourth-order valence-electron chi connectivity index (χ4n) is 2.44. The van der Waals surface area contributed by atoms with Gasteiger partial charge >= 0.3 is 0 Å². The van der Waals surface area contributed by atoms with E-state index in [2.05, 4.69) is 19.2 Å². The molecule has 2 nitrogen and oxygen atoms in total. The SMILES string of the molecule is CCCNC(CCC)C(CC)S(=O)c1cc(F)ccc1F. The van der Waals surface area contributed by atoms with Crippen molar-refractivity contribution in [1.82, 2.24) is 5.32 Å². The zero-order valence-electron chi connectivity index (χ0n) is 13.0. The van der Waals surface area contributed by atoms with Crippen molar-refractivity contribution in [2.24, 2.45) is 0 Å². The summed E-state index contributed by atoms with van der Waals surface area (Å²) in [7, 11) is -1.56. The van der Waals surface area contributed by atoms with Gasteiger partial charge in [0.1, 0.15) is 11.6 Å². The summed E-state index contributed by atoms with van der Waals surface area (Å²) in [5.74, 6) is -1.15. The Labute approximate surface area is 128 Å². The van der Waals surface area contributed by atoms with Crippen molar-refractivity contribution >= 4 is 10.8 Å². The highest BCUT2D eigenvalue weighted by Crippen LogP contribution is 2.22. The summed E-state index contributed by atoms with van der Waals surface area (Å²) in [6, 6.07) is 3.21. The number of halogens is 2. The van der Waals surface area contributed by atoms with E-state index in [4.69, 9.17) is 0 Å². The first-order valence-electron chi connectivity index (χ1n) is 7.64. The van der Waals surface area contributed by atoms with Crippen molar-refractivity contribution in [3.05, 3.63) is 29.8 Å². The van der Waals surface area contributed by atoms with Gasteiger partial charge < -0.3 is 5.32 Å². The lowest BCUT2D eigenvalue weighted by Gasteiger charge is -2.26. The molecule has 0 saturated carbocycles. The van der Waals surface area contributed by atoms with Crippen LogP contribution in [0, 0.1) is 11.6 Å². The molecule has 0 fully saturated rings. The van der Waals surface area contributed by atoms with Crippen LogP contribution in [0.5, 0.6) is 0 Å². The maximum atomic E-state index is 13.8. The van der Waals surface area contributed by atoms with Crippen LogP contribution in [0.1, 0.15) is 46.5 Å². The van der Waals surface area contributed by atoms with Gasteiger partial charge in [-0.15, -0.1) is 0 Å². The second kappa shape index (κ2) is 9.26. The summed E-state index contributed by atoms with van der Waals surface area (Å²) in [6.45, 7) is 6.92. The van der Waals surface area contributed by atoms with Crippen molar-refractivity contribution in [2.75, 3.05) is 6.54 Å². The van der Waals surface area contributed by atoms with E-state index in [-0.39, 0.29) is 16.2 Å². The smallest absolute Gasteiger partial charge is 0.139 e. The third-order valence-corrected chi connectivity index (χ3v) is 5.45. The summed E-state index contributed by atoms with van der Waals surface area (Å²) in [5.41, 5.74) is 0. The molecular formula is C16H25F2NOS. The van der Waals surface area contributed by atoms with Crippen molar-refractivity contribution in [1.29, 1.82) is 0 Å². The van der Waals surface area contributed by atoms with Gasteiger partial charge in [0.05, 0.1) is 20.9 Å². The van der Waals surface area contributed by atoms with Gasteiger partial charge in [0.25, 0.3) is 0 Å². The third kappa shape index (κ3) is 5.15. The van der Waals surface area contributed by atoms with E-state index in [1.807, 2.05) is 6.92 Å². The predicted octanol–water partition coefficient (Wildman–Crippen LogP) is 4.02. The average Bonchev–Trinajstić information content (AvgIpc) is 2.47. The number of nitrogens with one attached hydrogen (secondary N) is 1. The molecule has 0 aliphatic heterocycles. The van der Waals surface area contributed by atoms with Gasteiger partial charge in [-0.3, -0.25) is 4.21 Å². The highest BCUT2D eigenvalue weighted by Gasteiger charge is 2.27. The fraction of sp³-hybridized carbons (Fsp3) is 0.625. The zero-order valence-corrected chi connectivity index (χ0v) is 13.8. The van der Waals surface area contributed by atoms with Crippen LogP contribution in [0.2, 0.25) is 0 Å². The highest BCUT2D eigenvalue weighted by atomic mass is 32.2. The van der Waals surface area contributed by atoms with Crippen LogP contribution in [0.4, 0.5) is 8.78 Å². The summed E-state index contributed by atoms with van der Waals surface area (Å²) in [5, 5.41) is 3.18. The van der Waals surface area contributed by atoms with Crippen molar-refractivity contribution in [3.63, 3.8) is 0 Å². The van der Waals surface area contributed by atoms with E-state index in [1.54, 1.807) is 0 Å². The standard InChI is InChI=1S/C16H25F2NOS/c1-4-7-14(19-10-5-2)15(6-3)21(20)16-11-12(17)8-9-13(16)18/h8-9,11,14-15,19H,4-7,10H2,1-3H3. The van der Waals surface area contributed by atoms with E-state index in [9.17, 15) is 13.0 Å². The molecule has 0 aliphatic carbocycles. The molecule has 0 saturated heterocycles. The number of hydrogen-bond donors (Lipinski definition) is 1. The maximum Gasteiger partial charge on any atom is 0.139 e. The molecule has 21 heavy (non-hydrogen) atoms. The van der Waals surface area contributed by atoms with Gasteiger partial charge in [-0.25, -0.2) is 8.78 Å². The third-order valence-electron chi connectivity index (χ3n) is 3.49. The van der Waals surface area contributed by atoms with Crippen LogP contribution in [0.25, 0.3) is 0 Å². The Morgan fingerprint density at radius 1 is 1.19 bits per heavy atom. The molecule has 0 aliphatic rings. The Morgan fingerprint density at radius 2 is 1.90 bits per heavy atom. The van der Waals surface area contributed by atoms with Gasteiger partial charge in [-0.05, 0) is 44.0 Å². The largest absolute Gasteiger partial charge is 0.313 e. The Balaban J connectivity index is 2.99. The van der Waals surface area contributed by atoms with Crippen LogP contribution < -0.4 is 5.32 Å². The van der Waals surface area contributed by atoms with Crippen molar-refractivity contribution in [2.45, 2.75) is 62.6 Å². The lowest BCUT2D eigenvalue weighted by atomic mass is 10.1. The van der Waals surface area contributed by atoms with E-state index in [0.29, 0.717) is 6.42 Å². The Kier molecular flexibility index (Phi) is 8.04. The van der Waals surface area contributed by atoms with Crippen LogP contribution in [-0.2, 0) is 10.8 Å². The van der Waals surface area contributed by atoms with Gasteiger partial charge in [-0.2, -0.15) is 0 Å². The van der Waals surface area contributed by atoms with E-state index < -0.39 is 22.4 Å². The average molecular weight is 317 g/mol. The second-order valence-corrected chi connectivity index (χ2v) is 6.81. The molecular weight excluding hydrogens is 292 g/mol. The van der Waals surface area contributed by atoms with Gasteiger partial charge in [-0.1, -0.05) is 27.2 Å². The number of hydrogen-bond acceptors (Lipinski definition) is 2. The van der Waals surface area contributed by atoms with Crippen molar-refractivity contribution < 1.29 is 13.0 Å². The first kappa shape index (κ1) is 18.2. The van der Waals surface area contributed by atoms with Crippen molar-refractivity contribution in [3.8, 4) is 0 Å². The molecule has 0 radical (unpaired) electrons. The molecule has 1 N–H and O–H groups in total. The fourth-order valence-corrected chi connectivity index (χ4v) is 4.09. The maximum absolute atomic E-state index is 13.8. The quantitative estimate of drug-likeness (QED) is 0.745. The minimum Gasteiger partial charge on any atom is -0.313 e. The molecule has 0 amide bonds. The van der Waals surface area contributed by atoms with Gasteiger partial charge in [0.15, 0.2) is 0 Å². The lowest BCUT2D eigenvalue weighted by Crippen LogP contribution is -2.42. The van der Waals surface area contributed by atoms with E-state index in [0.717, 1.165) is 44.0 Å². The first-order chi connectivity index (χ1) is 10.0. The van der Waals surface area contributed by atoms with E-state index in [1.165, 1.54) is 0 Å². The molecule has 0 aromatic heterocycles. The minimum atomic E-state index is -1.56. The van der Waals surface area contributed by atoms with Crippen LogP contribution in [0.3, 0.4) is 0 Å². The molecule has 0 bridgehead atoms. The summed E-state index contributed by atoms with van der Waals surface area (Å²) in [6.07, 6.45) is 3.48. The normalized spacial score (nSPS) is 15.7. The topological polar surface area (TPSA) is 29.1 Å². The molecule has 0 heterocycles. The Hall–Kier alpha value is -0.810. The second-order valence-electron chi connectivity index (χ2n) is 5.17. The minimum absolute atomic E-state index is 0.0266. The molecule has 3 atom stereocenters. The van der Waals surface area contributed by atoms with Gasteiger partial charge in [0, 0.05) is 6.04 Å². The summed E-state index contributed by atoms with van der Waals surface area (Å²) in [4.78, 5) is -0.0266. The first-order valence-corrected chi connectivity index (χ1v) is 8.85. The van der Waals surface area contributed by atoms with Crippen LogP contribution in [-0.4, -0.2) is 22.0 Å². The summed E-state index contributed by atoms with van der Waals surface area (Å²) >= 11 is 0. The molecule has 3 unspecified atom stereocenters. The number of rotatable bonds is 9. The molecule has 1 aromatic rings. The molecule has 0 spiro atoms. The highest BCUT2D eigenvalue weighted by molar-refractivity contribution is 7.85. The van der Waals surface area contributed by atoms with Crippen LogP contribution >= 0.6 is 0 Å². The zero-order chi connectivity index (χ0) is 15.8. The van der Waals surface area contributed by atoms with Gasteiger partial charge in [0.2, 0.25) is 0 Å².